The summed E-state index contributed by atoms with van der Waals surface area (Å²) < 4.78 is 7.69. The fourth-order valence-electron chi connectivity index (χ4n) is 2.93. The van der Waals surface area contributed by atoms with Crippen molar-refractivity contribution in [1.82, 2.24) is 9.78 Å². The lowest BCUT2D eigenvalue weighted by Crippen LogP contribution is -2.48. The Bertz CT molecular complexity index is 825. The van der Waals surface area contributed by atoms with E-state index < -0.39 is 10.5 Å². The maximum atomic E-state index is 11.0. The van der Waals surface area contributed by atoms with E-state index in [9.17, 15) is 10.1 Å². The maximum Gasteiger partial charge on any atom is 0.287 e. The topological polar surface area (TPSA) is 97.2 Å². The van der Waals surface area contributed by atoms with Crippen LogP contribution >= 0.6 is 0 Å². The van der Waals surface area contributed by atoms with Gasteiger partial charge in [-0.05, 0) is 19.1 Å². The highest BCUT2D eigenvalue weighted by atomic mass is 16.6. The molecule has 0 spiro atoms. The molecule has 1 aromatic heterocycles. The number of hydrogen-bond acceptors (Lipinski definition) is 6. The van der Waals surface area contributed by atoms with E-state index in [0.717, 1.165) is 11.3 Å². The molecular weight excluding hydrogens is 310 g/mol. The number of aromatic nitrogens is 2. The Morgan fingerprint density at radius 2 is 2.29 bits per heavy atom. The predicted molar refractivity (Wildman–Crippen MR) is 86.5 cm³/mol. The van der Waals surface area contributed by atoms with E-state index in [1.54, 1.807) is 23.0 Å². The molecule has 0 bridgehead atoms. The molecule has 0 radical (unpaired) electrons. The number of nitro groups is 1. The van der Waals surface area contributed by atoms with Crippen molar-refractivity contribution < 1.29 is 9.66 Å². The molecule has 1 fully saturated rings. The molecule has 0 N–H and O–H groups in total. The Labute approximate surface area is 139 Å². The summed E-state index contributed by atoms with van der Waals surface area (Å²) in [6, 6.07) is 6.52. The minimum Gasteiger partial charge on any atom is -0.367 e. The average Bonchev–Trinajstić information content (AvgIpc) is 3.01. The molecule has 0 amide bonds. The molecule has 1 aliphatic rings. The van der Waals surface area contributed by atoms with Gasteiger partial charge in [0.25, 0.3) is 5.69 Å². The lowest BCUT2D eigenvalue weighted by Gasteiger charge is -2.41. The highest BCUT2D eigenvalue weighted by Gasteiger charge is 2.35. The number of anilines is 1. The number of nitrogens with zero attached hydrogens (tertiary/aromatic N) is 5. The van der Waals surface area contributed by atoms with Crippen LogP contribution in [0.4, 0.5) is 11.4 Å². The summed E-state index contributed by atoms with van der Waals surface area (Å²) in [6.45, 7) is 3.73. The molecule has 0 aliphatic carbocycles. The van der Waals surface area contributed by atoms with Gasteiger partial charge in [0.05, 0.1) is 24.3 Å². The van der Waals surface area contributed by atoms with E-state index >= 15 is 0 Å². The first-order valence-corrected chi connectivity index (χ1v) is 7.49. The average molecular weight is 327 g/mol. The molecule has 24 heavy (non-hydrogen) atoms. The summed E-state index contributed by atoms with van der Waals surface area (Å²) in [4.78, 5) is 12.5. The Balaban J connectivity index is 1.90. The minimum absolute atomic E-state index is 0.0621. The fraction of sp³-hybridized carbons (Fsp3) is 0.375. The van der Waals surface area contributed by atoms with Crippen LogP contribution in [0.25, 0.3) is 0 Å². The lowest BCUT2D eigenvalue weighted by molar-refractivity contribution is -0.385. The summed E-state index contributed by atoms with van der Waals surface area (Å²) in [6.07, 6.45) is 3.69. The first-order valence-electron chi connectivity index (χ1n) is 7.49. The Hall–Kier alpha value is -2.92. The molecule has 1 atom stereocenters. The smallest absolute Gasteiger partial charge is 0.287 e. The zero-order valence-corrected chi connectivity index (χ0v) is 13.5. The van der Waals surface area contributed by atoms with Crippen molar-refractivity contribution in [2.45, 2.75) is 12.5 Å². The van der Waals surface area contributed by atoms with Gasteiger partial charge in [-0.15, -0.1) is 0 Å². The Kier molecular flexibility index (Phi) is 3.95. The van der Waals surface area contributed by atoms with Crippen LogP contribution in [0.1, 0.15) is 18.1 Å². The van der Waals surface area contributed by atoms with Crippen LogP contribution in [-0.4, -0.2) is 34.4 Å². The van der Waals surface area contributed by atoms with Gasteiger partial charge >= 0.3 is 0 Å². The van der Waals surface area contributed by atoms with Gasteiger partial charge in [0, 0.05) is 37.1 Å². The van der Waals surface area contributed by atoms with Gasteiger partial charge in [-0.1, -0.05) is 0 Å². The molecule has 8 heteroatoms. The Morgan fingerprint density at radius 3 is 2.92 bits per heavy atom. The van der Waals surface area contributed by atoms with E-state index in [-0.39, 0.29) is 11.3 Å². The highest BCUT2D eigenvalue weighted by Crippen LogP contribution is 2.33. The fourth-order valence-corrected chi connectivity index (χ4v) is 2.93. The standard InChI is InChI=1S/C16H17N5O3/c1-16(13-9-18-19(2)10-13)11-20(5-6-24-16)14-3-4-15(21(22)23)12(7-14)8-17/h3-4,7,9-10H,5-6,11H2,1-2H3/t16-/m1/s1. The van der Waals surface area contributed by atoms with E-state index in [0.29, 0.717) is 19.7 Å². The lowest BCUT2D eigenvalue weighted by atomic mass is 9.96. The second-order valence-corrected chi connectivity index (χ2v) is 5.97. The molecule has 0 saturated carbocycles. The first kappa shape index (κ1) is 16.0. The molecule has 124 valence electrons. The number of morpholine rings is 1. The molecule has 2 heterocycles. The number of hydrogen-bond donors (Lipinski definition) is 0. The third-order valence-corrected chi connectivity index (χ3v) is 4.25. The maximum absolute atomic E-state index is 11.0. The molecule has 0 unspecified atom stereocenters. The van der Waals surface area contributed by atoms with Crippen LogP contribution < -0.4 is 4.90 Å². The van der Waals surface area contributed by atoms with Gasteiger partial charge in [0.15, 0.2) is 0 Å². The number of ether oxygens (including phenoxy) is 1. The molecular formula is C16H17N5O3. The molecule has 3 rings (SSSR count). The summed E-state index contributed by atoms with van der Waals surface area (Å²) in [5.74, 6) is 0. The van der Waals surface area contributed by atoms with E-state index in [4.69, 9.17) is 10.00 Å². The van der Waals surface area contributed by atoms with Crippen molar-refractivity contribution in [3.05, 3.63) is 51.8 Å². The van der Waals surface area contributed by atoms with E-state index in [2.05, 4.69) is 10.00 Å². The zero-order valence-electron chi connectivity index (χ0n) is 13.5. The molecule has 1 saturated heterocycles. The normalized spacial score (nSPS) is 20.6. The van der Waals surface area contributed by atoms with Crippen molar-refractivity contribution in [1.29, 1.82) is 5.26 Å². The SMILES string of the molecule is Cn1cc([C@@]2(C)CN(c3ccc([N+](=O)[O-])c(C#N)c3)CCO2)cn1. The third kappa shape index (κ3) is 2.81. The van der Waals surface area contributed by atoms with Gasteiger partial charge in [0.2, 0.25) is 0 Å². The number of aryl methyl sites for hydroxylation is 1. The van der Waals surface area contributed by atoms with Gasteiger partial charge in [-0.2, -0.15) is 10.4 Å². The Morgan fingerprint density at radius 1 is 1.50 bits per heavy atom. The number of benzene rings is 1. The van der Waals surface area contributed by atoms with Crippen molar-refractivity contribution in [2.24, 2.45) is 7.05 Å². The summed E-state index contributed by atoms with van der Waals surface area (Å²) >= 11 is 0. The zero-order chi connectivity index (χ0) is 17.3. The van der Waals surface area contributed by atoms with Gasteiger partial charge in [-0.3, -0.25) is 14.8 Å². The molecule has 1 aromatic carbocycles. The monoisotopic (exact) mass is 327 g/mol. The van der Waals surface area contributed by atoms with Crippen molar-refractivity contribution in [3.63, 3.8) is 0 Å². The predicted octanol–water partition coefficient (Wildman–Crippen LogP) is 1.95. The number of nitriles is 1. The number of rotatable bonds is 3. The first-order chi connectivity index (χ1) is 11.4. The summed E-state index contributed by atoms with van der Waals surface area (Å²) in [5.41, 5.74) is 1.10. The van der Waals surface area contributed by atoms with Crippen LogP contribution in [0.2, 0.25) is 0 Å². The van der Waals surface area contributed by atoms with Crippen LogP contribution in [-0.2, 0) is 17.4 Å². The van der Waals surface area contributed by atoms with Gasteiger partial charge < -0.3 is 9.64 Å². The van der Waals surface area contributed by atoms with E-state index in [1.807, 2.05) is 26.2 Å². The van der Waals surface area contributed by atoms with Crippen molar-refractivity contribution in [2.75, 3.05) is 24.6 Å². The van der Waals surface area contributed by atoms with Crippen LogP contribution in [0.15, 0.2) is 30.6 Å². The quantitative estimate of drug-likeness (QED) is 0.631. The second kappa shape index (κ2) is 5.94. The summed E-state index contributed by atoms with van der Waals surface area (Å²) in [5, 5.41) is 24.3. The van der Waals surface area contributed by atoms with Gasteiger partial charge in [-0.25, -0.2) is 0 Å². The largest absolute Gasteiger partial charge is 0.367 e. The summed E-state index contributed by atoms with van der Waals surface area (Å²) in [7, 11) is 1.85. The van der Waals surface area contributed by atoms with E-state index in [1.165, 1.54) is 6.07 Å². The molecule has 1 aliphatic heterocycles. The van der Waals surface area contributed by atoms with Crippen LogP contribution in [0.5, 0.6) is 0 Å². The third-order valence-electron chi connectivity index (χ3n) is 4.25. The van der Waals surface area contributed by atoms with Crippen molar-refractivity contribution >= 4 is 11.4 Å². The highest BCUT2D eigenvalue weighted by molar-refractivity contribution is 5.60. The van der Waals surface area contributed by atoms with Gasteiger partial charge in [0.1, 0.15) is 17.2 Å². The van der Waals surface area contributed by atoms with Crippen molar-refractivity contribution in [3.8, 4) is 6.07 Å². The minimum atomic E-state index is -0.540. The van der Waals surface area contributed by atoms with Crippen LogP contribution in [0.3, 0.4) is 0 Å². The molecule has 8 nitrogen and oxygen atoms in total. The molecule has 2 aromatic rings. The van der Waals surface area contributed by atoms with Crippen LogP contribution in [0, 0.1) is 21.4 Å². The second-order valence-electron chi connectivity index (χ2n) is 5.97. The number of nitro benzene ring substituents is 1.